The van der Waals surface area contributed by atoms with E-state index in [0.717, 1.165) is 60.0 Å². The SMILES string of the molecule is CN1CCC(c2cc(C(F)(F)F)ccc2C2CC(C)(C)Oc3cc(S(=O)(=O)Nc4nncs4)ccc32)CC1.Cl. The van der Waals surface area contributed by atoms with E-state index < -0.39 is 27.4 Å². The van der Waals surface area contributed by atoms with Crippen molar-refractivity contribution in [2.24, 2.45) is 0 Å². The highest BCUT2D eigenvalue weighted by Gasteiger charge is 2.39. The summed E-state index contributed by atoms with van der Waals surface area (Å²) in [5.74, 6) is 0.160. The van der Waals surface area contributed by atoms with Crippen molar-refractivity contribution in [3.8, 4) is 5.75 Å². The maximum Gasteiger partial charge on any atom is 0.416 e. The van der Waals surface area contributed by atoms with Gasteiger partial charge in [0.25, 0.3) is 10.0 Å². The Morgan fingerprint density at radius 2 is 1.77 bits per heavy atom. The summed E-state index contributed by atoms with van der Waals surface area (Å²) in [6, 6.07) is 8.76. The summed E-state index contributed by atoms with van der Waals surface area (Å²) in [7, 11) is -1.92. The molecule has 13 heteroatoms. The molecule has 1 N–H and O–H groups in total. The number of alkyl halides is 3. The van der Waals surface area contributed by atoms with Gasteiger partial charge in [-0.15, -0.1) is 22.6 Å². The first-order valence-corrected chi connectivity index (χ1v) is 14.7. The minimum Gasteiger partial charge on any atom is -0.487 e. The number of anilines is 1. The molecule has 39 heavy (non-hydrogen) atoms. The Hall–Kier alpha value is -2.41. The van der Waals surface area contributed by atoms with Gasteiger partial charge in [-0.05, 0) is 88.5 Å². The Bertz CT molecular complexity index is 1420. The van der Waals surface area contributed by atoms with E-state index in [9.17, 15) is 21.6 Å². The molecule has 0 bridgehead atoms. The fourth-order valence-corrected chi connectivity index (χ4v) is 7.12. The summed E-state index contributed by atoms with van der Waals surface area (Å²) in [5.41, 5.74) is 2.43. The third-order valence-electron chi connectivity index (χ3n) is 7.28. The van der Waals surface area contributed by atoms with Crippen LogP contribution in [-0.2, 0) is 16.2 Å². The monoisotopic (exact) mass is 602 g/mol. The van der Waals surface area contributed by atoms with Crippen LogP contribution in [0, 0.1) is 0 Å². The molecule has 0 aliphatic carbocycles. The Labute approximate surface area is 236 Å². The molecule has 7 nitrogen and oxygen atoms in total. The molecule has 1 fully saturated rings. The highest BCUT2D eigenvalue weighted by molar-refractivity contribution is 7.93. The number of ether oxygens (including phenoxy) is 1. The lowest BCUT2D eigenvalue weighted by atomic mass is 9.75. The van der Waals surface area contributed by atoms with Crippen molar-refractivity contribution in [3.05, 3.63) is 64.2 Å². The normalized spacial score (nSPS) is 20.0. The summed E-state index contributed by atoms with van der Waals surface area (Å²) >= 11 is 1.06. The number of nitrogens with one attached hydrogen (secondary N) is 1. The van der Waals surface area contributed by atoms with Gasteiger partial charge in [-0.3, -0.25) is 4.72 Å². The van der Waals surface area contributed by atoms with Gasteiger partial charge in [-0.25, -0.2) is 8.42 Å². The van der Waals surface area contributed by atoms with Gasteiger partial charge in [-0.1, -0.05) is 23.5 Å². The van der Waals surface area contributed by atoms with Gasteiger partial charge in [-0.2, -0.15) is 13.2 Å². The molecule has 1 atom stereocenters. The van der Waals surface area contributed by atoms with Crippen LogP contribution >= 0.6 is 23.7 Å². The molecule has 3 heterocycles. The number of likely N-dealkylation sites (tertiary alicyclic amines) is 1. The van der Waals surface area contributed by atoms with Crippen molar-refractivity contribution < 1.29 is 26.3 Å². The van der Waals surface area contributed by atoms with E-state index in [0.29, 0.717) is 12.2 Å². The molecule has 1 saturated heterocycles. The minimum atomic E-state index is -4.44. The van der Waals surface area contributed by atoms with Crippen molar-refractivity contribution in [2.45, 2.75) is 61.6 Å². The molecule has 2 aliphatic heterocycles. The molecule has 0 amide bonds. The van der Waals surface area contributed by atoms with Crippen LogP contribution in [0.2, 0.25) is 0 Å². The van der Waals surface area contributed by atoms with Crippen LogP contribution in [0.3, 0.4) is 0 Å². The maximum atomic E-state index is 13.7. The predicted octanol–water partition coefficient (Wildman–Crippen LogP) is 6.28. The second-order valence-electron chi connectivity index (χ2n) is 10.6. The number of nitrogens with zero attached hydrogens (tertiary/aromatic N) is 3. The van der Waals surface area contributed by atoms with E-state index in [1.807, 2.05) is 20.9 Å². The van der Waals surface area contributed by atoms with Crippen LogP contribution in [-0.4, -0.2) is 49.3 Å². The van der Waals surface area contributed by atoms with Gasteiger partial charge in [0, 0.05) is 17.5 Å². The number of piperidine rings is 1. The Morgan fingerprint density at radius 1 is 1.08 bits per heavy atom. The number of sulfonamides is 1. The van der Waals surface area contributed by atoms with Crippen LogP contribution in [0.4, 0.5) is 18.3 Å². The minimum absolute atomic E-state index is 0. The molecular weight excluding hydrogens is 573 g/mol. The molecule has 1 aromatic heterocycles. The second-order valence-corrected chi connectivity index (χ2v) is 13.1. The summed E-state index contributed by atoms with van der Waals surface area (Å²) in [4.78, 5) is 2.19. The van der Waals surface area contributed by atoms with E-state index in [-0.39, 0.29) is 34.3 Å². The molecule has 0 saturated carbocycles. The maximum absolute atomic E-state index is 13.7. The fourth-order valence-electron chi connectivity index (χ4n) is 5.41. The Kier molecular flexibility index (Phi) is 8.24. The second kappa shape index (κ2) is 10.9. The summed E-state index contributed by atoms with van der Waals surface area (Å²) in [6.07, 6.45) is -2.34. The quantitative estimate of drug-likeness (QED) is 0.370. The average Bonchev–Trinajstić information content (AvgIpc) is 3.34. The lowest BCUT2D eigenvalue weighted by Crippen LogP contribution is -2.36. The fraction of sp³-hybridized carbons (Fsp3) is 0.462. The Balaban J connectivity index is 0.00000353. The number of rotatable bonds is 5. The standard InChI is InChI=1S/C26H29F3N4O3S2.ClH/c1-25(2)14-22(19-6-4-17(26(27,28)29)12-21(19)16-8-10-33(3)11-9-16)20-7-5-18(13-23(20)36-25)38(34,35)32-24-31-30-15-37-24;/h4-7,12-13,15-16,22H,8-11,14H2,1-3H3,(H,31,32);1H. The van der Waals surface area contributed by atoms with Crippen LogP contribution < -0.4 is 9.46 Å². The van der Waals surface area contributed by atoms with E-state index in [1.54, 1.807) is 12.1 Å². The first-order valence-electron chi connectivity index (χ1n) is 12.3. The van der Waals surface area contributed by atoms with E-state index in [4.69, 9.17) is 4.74 Å². The van der Waals surface area contributed by atoms with Crippen molar-refractivity contribution >= 4 is 38.9 Å². The van der Waals surface area contributed by atoms with Gasteiger partial charge < -0.3 is 9.64 Å². The Morgan fingerprint density at radius 3 is 2.41 bits per heavy atom. The van der Waals surface area contributed by atoms with Crippen LogP contribution in [0.5, 0.6) is 5.75 Å². The van der Waals surface area contributed by atoms with Gasteiger partial charge >= 0.3 is 6.18 Å². The lowest BCUT2D eigenvalue weighted by Gasteiger charge is -2.40. The lowest BCUT2D eigenvalue weighted by molar-refractivity contribution is -0.137. The molecule has 3 aromatic rings. The predicted molar refractivity (Wildman–Crippen MR) is 146 cm³/mol. The number of benzene rings is 2. The van der Waals surface area contributed by atoms with E-state index in [2.05, 4.69) is 19.8 Å². The van der Waals surface area contributed by atoms with E-state index >= 15 is 0 Å². The van der Waals surface area contributed by atoms with Gasteiger partial charge in [0.1, 0.15) is 16.9 Å². The highest BCUT2D eigenvalue weighted by Crippen LogP contribution is 2.48. The van der Waals surface area contributed by atoms with E-state index in [1.165, 1.54) is 23.7 Å². The van der Waals surface area contributed by atoms with Crippen LogP contribution in [0.1, 0.15) is 67.2 Å². The number of hydrogen-bond donors (Lipinski definition) is 1. The topological polar surface area (TPSA) is 84.4 Å². The number of hydrogen-bond acceptors (Lipinski definition) is 7. The highest BCUT2D eigenvalue weighted by atomic mass is 35.5. The summed E-state index contributed by atoms with van der Waals surface area (Å²) in [5, 5.41) is 7.53. The van der Waals surface area contributed by atoms with Crippen LogP contribution in [0.15, 0.2) is 46.8 Å². The molecule has 5 rings (SSSR count). The molecule has 2 aliphatic rings. The summed E-state index contributed by atoms with van der Waals surface area (Å²) in [6.45, 7) is 5.45. The van der Waals surface area contributed by atoms with Gasteiger partial charge in [0.05, 0.1) is 10.5 Å². The van der Waals surface area contributed by atoms with Gasteiger partial charge in [0.15, 0.2) is 0 Å². The molecule has 0 radical (unpaired) electrons. The average molecular weight is 603 g/mol. The summed E-state index contributed by atoms with van der Waals surface area (Å²) < 4.78 is 75.8. The zero-order valence-electron chi connectivity index (χ0n) is 21.7. The zero-order valence-corrected chi connectivity index (χ0v) is 24.1. The molecule has 212 valence electrons. The first kappa shape index (κ1) is 29.6. The largest absolute Gasteiger partial charge is 0.487 e. The third kappa shape index (κ3) is 6.34. The van der Waals surface area contributed by atoms with Crippen LogP contribution in [0.25, 0.3) is 0 Å². The van der Waals surface area contributed by atoms with Gasteiger partial charge in [0.2, 0.25) is 5.13 Å². The number of aromatic nitrogens is 2. The number of fused-ring (bicyclic) bond motifs is 1. The first-order chi connectivity index (χ1) is 17.8. The molecule has 2 aromatic carbocycles. The molecule has 0 spiro atoms. The van der Waals surface area contributed by atoms with Crippen molar-refractivity contribution in [2.75, 3.05) is 24.9 Å². The molecule has 1 unspecified atom stereocenters. The zero-order chi connectivity index (χ0) is 27.3. The number of halogens is 4. The van der Waals surface area contributed by atoms with Crippen molar-refractivity contribution in [3.63, 3.8) is 0 Å². The third-order valence-corrected chi connectivity index (χ3v) is 9.35. The van der Waals surface area contributed by atoms with Crippen molar-refractivity contribution in [1.82, 2.24) is 15.1 Å². The molecular formula is C26H30ClF3N4O3S2. The van der Waals surface area contributed by atoms with Crippen molar-refractivity contribution in [1.29, 1.82) is 0 Å². The smallest absolute Gasteiger partial charge is 0.416 e.